The van der Waals surface area contributed by atoms with E-state index in [1.165, 1.54) is 0 Å². The van der Waals surface area contributed by atoms with E-state index in [9.17, 15) is 4.79 Å². The molecule has 3 rings (SSSR count). The fraction of sp³-hybridized carbons (Fsp3) is 0.294. The number of nitrogens with zero attached hydrogens (tertiary/aromatic N) is 3. The van der Waals surface area contributed by atoms with E-state index in [1.54, 1.807) is 42.5 Å². The highest BCUT2D eigenvalue weighted by atomic mass is 32.1. The Bertz CT molecular complexity index is 836. The summed E-state index contributed by atoms with van der Waals surface area (Å²) in [5.41, 5.74) is 2.25. The molecule has 1 aromatic carbocycles. The van der Waals surface area contributed by atoms with Crippen LogP contribution in [0.3, 0.4) is 0 Å². The van der Waals surface area contributed by atoms with Crippen molar-refractivity contribution < 1.29 is 9.21 Å². The molecule has 0 radical (unpaired) electrons. The van der Waals surface area contributed by atoms with Gasteiger partial charge in [0.1, 0.15) is 0 Å². The molecule has 124 valence electrons. The van der Waals surface area contributed by atoms with Crippen molar-refractivity contribution in [3.05, 3.63) is 51.8 Å². The van der Waals surface area contributed by atoms with Crippen molar-refractivity contribution in [3.8, 4) is 11.5 Å². The molecule has 24 heavy (non-hydrogen) atoms. The first kappa shape index (κ1) is 16.3. The van der Waals surface area contributed by atoms with Crippen LogP contribution in [-0.2, 0) is 6.54 Å². The summed E-state index contributed by atoms with van der Waals surface area (Å²) in [7, 11) is 0. The molecule has 0 atom stereocenters. The fourth-order valence-electron chi connectivity index (χ4n) is 2.12. The Balaban J connectivity index is 1.62. The molecule has 0 bridgehead atoms. The molecule has 2 heterocycles. The second kappa shape index (κ2) is 6.92. The maximum absolute atomic E-state index is 12.2. The highest BCUT2D eigenvalue weighted by Gasteiger charge is 2.10. The van der Waals surface area contributed by atoms with E-state index in [0.717, 1.165) is 16.3 Å². The minimum Gasteiger partial charge on any atom is -0.421 e. The zero-order chi connectivity index (χ0) is 17.1. The lowest BCUT2D eigenvalue weighted by atomic mass is 10.1. The molecule has 0 aliphatic rings. The van der Waals surface area contributed by atoms with Crippen molar-refractivity contribution in [2.24, 2.45) is 0 Å². The maximum atomic E-state index is 12.2. The first-order valence-corrected chi connectivity index (χ1v) is 8.54. The summed E-state index contributed by atoms with van der Waals surface area (Å²) in [5.74, 6) is 1.22. The minimum atomic E-state index is -0.137. The van der Waals surface area contributed by atoms with Gasteiger partial charge in [-0.05, 0) is 24.3 Å². The van der Waals surface area contributed by atoms with Crippen LogP contribution in [-0.4, -0.2) is 21.1 Å². The van der Waals surface area contributed by atoms with E-state index in [-0.39, 0.29) is 5.91 Å². The number of aromatic nitrogens is 3. The standard InChI is InChI=1S/C17H18N4O2S/c1-10(2)17-19-14(9-24-17)8-18-15(22)12-4-6-13(7-5-12)16-21-20-11(3)23-16/h4-7,9-10H,8H2,1-3H3,(H,18,22). The van der Waals surface area contributed by atoms with Gasteiger partial charge in [-0.15, -0.1) is 21.5 Å². The Kier molecular flexibility index (Phi) is 4.71. The van der Waals surface area contributed by atoms with E-state index in [4.69, 9.17) is 4.42 Å². The van der Waals surface area contributed by atoms with Gasteiger partial charge in [-0.2, -0.15) is 0 Å². The van der Waals surface area contributed by atoms with Crippen LogP contribution < -0.4 is 5.32 Å². The summed E-state index contributed by atoms with van der Waals surface area (Å²) in [6.07, 6.45) is 0. The smallest absolute Gasteiger partial charge is 0.251 e. The highest BCUT2D eigenvalue weighted by Crippen LogP contribution is 2.20. The lowest BCUT2D eigenvalue weighted by molar-refractivity contribution is 0.0950. The largest absolute Gasteiger partial charge is 0.421 e. The Morgan fingerprint density at radius 1 is 1.25 bits per heavy atom. The SMILES string of the molecule is Cc1nnc(-c2ccc(C(=O)NCc3csc(C(C)C)n3)cc2)o1. The number of carbonyl (C=O) groups excluding carboxylic acids is 1. The van der Waals surface area contributed by atoms with Crippen molar-refractivity contribution in [1.29, 1.82) is 0 Å². The van der Waals surface area contributed by atoms with Crippen LogP contribution in [0.1, 0.15) is 46.7 Å². The molecule has 3 aromatic rings. The number of aryl methyl sites for hydroxylation is 1. The zero-order valence-electron chi connectivity index (χ0n) is 13.7. The monoisotopic (exact) mass is 342 g/mol. The third kappa shape index (κ3) is 3.68. The topological polar surface area (TPSA) is 80.9 Å². The molecule has 0 aliphatic heterocycles. The quantitative estimate of drug-likeness (QED) is 0.767. The Morgan fingerprint density at radius 3 is 2.58 bits per heavy atom. The molecule has 0 aliphatic carbocycles. The van der Waals surface area contributed by atoms with E-state index < -0.39 is 0 Å². The van der Waals surface area contributed by atoms with Gasteiger partial charge in [-0.1, -0.05) is 13.8 Å². The number of amides is 1. The van der Waals surface area contributed by atoms with E-state index in [2.05, 4.69) is 34.3 Å². The number of hydrogen-bond acceptors (Lipinski definition) is 6. The van der Waals surface area contributed by atoms with Gasteiger partial charge in [0.05, 0.1) is 17.2 Å². The number of carbonyl (C=O) groups is 1. The van der Waals surface area contributed by atoms with Crippen molar-refractivity contribution >= 4 is 17.2 Å². The lowest BCUT2D eigenvalue weighted by Gasteiger charge is -2.04. The minimum absolute atomic E-state index is 0.137. The normalized spacial score (nSPS) is 11.0. The van der Waals surface area contributed by atoms with Crippen molar-refractivity contribution in [2.45, 2.75) is 33.2 Å². The second-order valence-corrected chi connectivity index (χ2v) is 6.61. The number of hydrogen-bond donors (Lipinski definition) is 1. The van der Waals surface area contributed by atoms with Crippen LogP contribution in [0.25, 0.3) is 11.5 Å². The van der Waals surface area contributed by atoms with Crippen molar-refractivity contribution in [1.82, 2.24) is 20.5 Å². The summed E-state index contributed by atoms with van der Waals surface area (Å²) in [6.45, 7) is 6.37. The van der Waals surface area contributed by atoms with Gasteiger partial charge < -0.3 is 9.73 Å². The molecular weight excluding hydrogens is 324 g/mol. The third-order valence-corrected chi connectivity index (χ3v) is 4.61. The maximum Gasteiger partial charge on any atom is 0.251 e. The average molecular weight is 342 g/mol. The molecule has 0 fully saturated rings. The number of benzene rings is 1. The number of rotatable bonds is 5. The molecule has 0 saturated heterocycles. The van der Waals surface area contributed by atoms with Gasteiger partial charge >= 0.3 is 0 Å². The summed E-state index contributed by atoms with van der Waals surface area (Å²) >= 11 is 1.62. The van der Waals surface area contributed by atoms with Gasteiger partial charge in [-0.25, -0.2) is 4.98 Å². The van der Waals surface area contributed by atoms with Gasteiger partial charge in [-0.3, -0.25) is 4.79 Å². The Labute approximate surface area is 144 Å². The molecular formula is C17H18N4O2S. The van der Waals surface area contributed by atoms with Crippen LogP contribution in [0, 0.1) is 6.92 Å². The highest BCUT2D eigenvalue weighted by molar-refractivity contribution is 7.09. The molecule has 7 heteroatoms. The van der Waals surface area contributed by atoms with Crippen LogP contribution in [0.5, 0.6) is 0 Å². The van der Waals surface area contributed by atoms with Gasteiger partial charge in [0.25, 0.3) is 5.91 Å². The van der Waals surface area contributed by atoms with Crippen LogP contribution >= 0.6 is 11.3 Å². The fourth-order valence-corrected chi connectivity index (χ4v) is 2.95. The van der Waals surface area contributed by atoms with Gasteiger partial charge in [0, 0.05) is 29.3 Å². The van der Waals surface area contributed by atoms with Gasteiger partial charge in [0.2, 0.25) is 11.8 Å². The molecule has 1 amide bonds. The average Bonchev–Trinajstić information content (AvgIpc) is 3.22. The molecule has 1 N–H and O–H groups in total. The van der Waals surface area contributed by atoms with Crippen LogP contribution in [0.2, 0.25) is 0 Å². The first-order chi connectivity index (χ1) is 11.5. The number of thiazole rings is 1. The summed E-state index contributed by atoms with van der Waals surface area (Å²) in [5, 5.41) is 13.7. The molecule has 0 unspecified atom stereocenters. The Morgan fingerprint density at radius 2 is 2.00 bits per heavy atom. The summed E-state index contributed by atoms with van der Waals surface area (Å²) in [6, 6.07) is 7.07. The second-order valence-electron chi connectivity index (χ2n) is 5.72. The predicted octanol–water partition coefficient (Wildman–Crippen LogP) is 3.55. The summed E-state index contributed by atoms with van der Waals surface area (Å²) < 4.78 is 5.37. The molecule has 6 nitrogen and oxygen atoms in total. The van der Waals surface area contributed by atoms with Crippen molar-refractivity contribution in [3.63, 3.8) is 0 Å². The van der Waals surface area contributed by atoms with Crippen LogP contribution in [0.15, 0.2) is 34.1 Å². The molecule has 0 spiro atoms. The first-order valence-electron chi connectivity index (χ1n) is 7.66. The third-order valence-electron chi connectivity index (χ3n) is 3.41. The van der Waals surface area contributed by atoms with E-state index in [0.29, 0.717) is 29.8 Å². The predicted molar refractivity (Wildman–Crippen MR) is 91.8 cm³/mol. The van der Waals surface area contributed by atoms with E-state index >= 15 is 0 Å². The van der Waals surface area contributed by atoms with E-state index in [1.807, 2.05) is 5.38 Å². The number of nitrogens with one attached hydrogen (secondary N) is 1. The molecule has 2 aromatic heterocycles. The van der Waals surface area contributed by atoms with Crippen molar-refractivity contribution in [2.75, 3.05) is 0 Å². The zero-order valence-corrected chi connectivity index (χ0v) is 14.6. The van der Waals surface area contributed by atoms with Gasteiger partial charge in [0.15, 0.2) is 0 Å². The summed E-state index contributed by atoms with van der Waals surface area (Å²) in [4.78, 5) is 16.7. The lowest BCUT2D eigenvalue weighted by Crippen LogP contribution is -2.22. The Hall–Kier alpha value is -2.54. The molecule has 0 saturated carbocycles. The van der Waals surface area contributed by atoms with Crippen LogP contribution in [0.4, 0.5) is 0 Å².